The maximum absolute atomic E-state index is 11.8. The lowest BCUT2D eigenvalue weighted by molar-refractivity contribution is -0.218. The summed E-state index contributed by atoms with van der Waals surface area (Å²) >= 11 is 0. The summed E-state index contributed by atoms with van der Waals surface area (Å²) in [5.41, 5.74) is 0.457. The molecule has 1 N–H and O–H groups in total. The molecule has 0 saturated carbocycles. The van der Waals surface area contributed by atoms with Gasteiger partial charge < -0.3 is 24.1 Å². The van der Waals surface area contributed by atoms with Crippen LogP contribution in [-0.2, 0) is 18.9 Å². The van der Waals surface area contributed by atoms with Crippen molar-refractivity contribution in [2.45, 2.75) is 44.2 Å². The van der Waals surface area contributed by atoms with E-state index in [2.05, 4.69) is 0 Å². The molecule has 2 heterocycles. The summed E-state index contributed by atoms with van der Waals surface area (Å²) in [6.45, 7) is 3.46. The topological polar surface area (TPSA) is 74.2 Å². The molecule has 0 aliphatic carbocycles. The number of hydrogen-bond acceptors (Lipinski definition) is 6. The van der Waals surface area contributed by atoms with Gasteiger partial charge in [0.05, 0.1) is 5.56 Å². The van der Waals surface area contributed by atoms with Gasteiger partial charge in [0.1, 0.15) is 24.9 Å². The molecule has 2 saturated heterocycles. The summed E-state index contributed by atoms with van der Waals surface area (Å²) in [4.78, 5) is 11.8. The van der Waals surface area contributed by atoms with Crippen molar-refractivity contribution < 1.29 is 28.8 Å². The number of aliphatic hydroxyl groups excluding tert-OH is 1. The highest BCUT2D eigenvalue weighted by Gasteiger charge is 2.54. The molecule has 2 aliphatic rings. The Morgan fingerprint density at radius 2 is 2.00 bits per heavy atom. The molecule has 0 aromatic heterocycles. The lowest BCUT2D eigenvalue weighted by Gasteiger charge is -2.22. The molecule has 0 unspecified atom stereocenters. The van der Waals surface area contributed by atoms with E-state index in [1.54, 1.807) is 38.1 Å². The van der Waals surface area contributed by atoms with E-state index in [1.807, 2.05) is 6.07 Å². The Bertz CT molecular complexity index is 514. The van der Waals surface area contributed by atoms with Gasteiger partial charge in [-0.3, -0.25) is 0 Å². The van der Waals surface area contributed by atoms with Crippen molar-refractivity contribution in [2.24, 2.45) is 0 Å². The first-order valence-electron chi connectivity index (χ1n) is 6.88. The Hall–Kier alpha value is -1.47. The monoisotopic (exact) mass is 294 g/mol. The Kier molecular flexibility index (Phi) is 3.71. The molecule has 6 nitrogen and oxygen atoms in total. The first kappa shape index (κ1) is 14.5. The van der Waals surface area contributed by atoms with Gasteiger partial charge in [-0.05, 0) is 26.0 Å². The minimum absolute atomic E-state index is 0.0466. The molecule has 0 spiro atoms. The predicted octanol–water partition coefficient (Wildman–Crippen LogP) is 1.08. The molecule has 0 amide bonds. The fourth-order valence-electron chi connectivity index (χ4n) is 2.51. The van der Waals surface area contributed by atoms with Crippen LogP contribution in [0.5, 0.6) is 0 Å². The molecule has 0 bridgehead atoms. The first-order valence-corrected chi connectivity index (χ1v) is 6.88. The maximum atomic E-state index is 11.8. The maximum Gasteiger partial charge on any atom is 0.338 e. The second-order valence-electron chi connectivity index (χ2n) is 5.60. The number of rotatable bonds is 3. The van der Waals surface area contributed by atoms with E-state index in [9.17, 15) is 9.90 Å². The van der Waals surface area contributed by atoms with Crippen molar-refractivity contribution in [3.63, 3.8) is 0 Å². The van der Waals surface area contributed by atoms with E-state index in [-0.39, 0.29) is 6.61 Å². The Morgan fingerprint density at radius 3 is 2.67 bits per heavy atom. The average Bonchev–Trinajstić information content (AvgIpc) is 2.91. The van der Waals surface area contributed by atoms with E-state index in [1.165, 1.54) is 0 Å². The van der Waals surface area contributed by atoms with Crippen molar-refractivity contribution in [3.05, 3.63) is 35.9 Å². The van der Waals surface area contributed by atoms with Gasteiger partial charge in [0.15, 0.2) is 12.1 Å². The van der Waals surface area contributed by atoms with Crippen molar-refractivity contribution in [2.75, 3.05) is 6.61 Å². The van der Waals surface area contributed by atoms with Crippen molar-refractivity contribution in [1.82, 2.24) is 0 Å². The largest absolute Gasteiger partial charge is 0.459 e. The Morgan fingerprint density at radius 1 is 1.29 bits per heavy atom. The van der Waals surface area contributed by atoms with Gasteiger partial charge >= 0.3 is 5.97 Å². The number of ether oxygens (including phenoxy) is 4. The summed E-state index contributed by atoms with van der Waals surface area (Å²) in [5, 5.41) is 10.2. The van der Waals surface area contributed by atoms with Gasteiger partial charge in [0, 0.05) is 0 Å². The van der Waals surface area contributed by atoms with E-state index < -0.39 is 36.4 Å². The minimum Gasteiger partial charge on any atom is -0.459 e. The van der Waals surface area contributed by atoms with Gasteiger partial charge in [-0.1, -0.05) is 18.2 Å². The van der Waals surface area contributed by atoms with Crippen LogP contribution in [0.2, 0.25) is 0 Å². The highest BCUT2D eigenvalue weighted by atomic mass is 16.8. The molecule has 114 valence electrons. The van der Waals surface area contributed by atoms with Gasteiger partial charge in [-0.25, -0.2) is 4.79 Å². The standard InChI is InChI=1S/C15H18O6/c1-15(2)20-12-11(16)10(19-14(12)21-15)8-18-13(17)9-6-4-3-5-7-9/h3-7,10-12,14,16H,8H2,1-2H3/t10-,11-,12+,14+/m0/s1. The summed E-state index contributed by atoms with van der Waals surface area (Å²) in [6.07, 6.45) is -2.72. The van der Waals surface area contributed by atoms with Crippen LogP contribution in [0.3, 0.4) is 0 Å². The molecule has 1 aromatic rings. The normalized spacial score (nSPS) is 33.7. The first-order chi connectivity index (χ1) is 9.96. The van der Waals surface area contributed by atoms with Crippen LogP contribution in [0.15, 0.2) is 30.3 Å². The third-order valence-electron chi connectivity index (χ3n) is 3.50. The van der Waals surface area contributed by atoms with Gasteiger partial charge in [-0.2, -0.15) is 0 Å². The summed E-state index contributed by atoms with van der Waals surface area (Å²) in [7, 11) is 0. The molecule has 2 fully saturated rings. The highest BCUT2D eigenvalue weighted by Crippen LogP contribution is 2.37. The summed E-state index contributed by atoms with van der Waals surface area (Å²) < 4.78 is 21.8. The quantitative estimate of drug-likeness (QED) is 0.841. The van der Waals surface area contributed by atoms with Crippen LogP contribution in [0.4, 0.5) is 0 Å². The number of fused-ring (bicyclic) bond motifs is 1. The summed E-state index contributed by atoms with van der Waals surface area (Å²) in [6, 6.07) is 8.66. The predicted molar refractivity (Wildman–Crippen MR) is 71.4 cm³/mol. The second-order valence-corrected chi connectivity index (χ2v) is 5.60. The molecule has 2 aliphatic heterocycles. The van der Waals surface area contributed by atoms with Crippen LogP contribution >= 0.6 is 0 Å². The van der Waals surface area contributed by atoms with Gasteiger partial charge in [0.25, 0.3) is 0 Å². The van der Waals surface area contributed by atoms with E-state index in [4.69, 9.17) is 18.9 Å². The average molecular weight is 294 g/mol. The molecule has 0 radical (unpaired) electrons. The van der Waals surface area contributed by atoms with Crippen molar-refractivity contribution in [3.8, 4) is 0 Å². The number of carbonyl (C=O) groups excluding carboxylic acids is 1. The fourth-order valence-corrected chi connectivity index (χ4v) is 2.51. The van der Waals surface area contributed by atoms with E-state index >= 15 is 0 Å². The Labute approximate surface area is 122 Å². The molecule has 21 heavy (non-hydrogen) atoms. The van der Waals surface area contributed by atoms with Gasteiger partial charge in [0.2, 0.25) is 0 Å². The summed E-state index contributed by atoms with van der Waals surface area (Å²) in [5.74, 6) is -1.23. The van der Waals surface area contributed by atoms with Crippen LogP contribution in [0, 0.1) is 0 Å². The van der Waals surface area contributed by atoms with Gasteiger partial charge in [-0.15, -0.1) is 0 Å². The zero-order valence-electron chi connectivity index (χ0n) is 11.9. The molecule has 3 rings (SSSR count). The fraction of sp³-hybridized carbons (Fsp3) is 0.533. The molecular weight excluding hydrogens is 276 g/mol. The molecule has 6 heteroatoms. The highest BCUT2D eigenvalue weighted by molar-refractivity contribution is 5.89. The van der Waals surface area contributed by atoms with Crippen LogP contribution in [-0.4, -0.2) is 48.1 Å². The number of benzene rings is 1. The third kappa shape index (κ3) is 2.94. The van der Waals surface area contributed by atoms with Crippen molar-refractivity contribution in [1.29, 1.82) is 0 Å². The smallest absolute Gasteiger partial charge is 0.338 e. The molecule has 1 aromatic carbocycles. The number of esters is 1. The lowest BCUT2D eigenvalue weighted by atomic mass is 10.1. The minimum atomic E-state index is -0.889. The van der Waals surface area contributed by atoms with Crippen molar-refractivity contribution >= 4 is 5.97 Å². The second kappa shape index (κ2) is 5.38. The number of aliphatic hydroxyl groups is 1. The third-order valence-corrected chi connectivity index (χ3v) is 3.50. The molecular formula is C15H18O6. The zero-order chi connectivity index (χ0) is 15.0. The lowest BCUT2D eigenvalue weighted by Crippen LogP contribution is -2.37. The zero-order valence-corrected chi connectivity index (χ0v) is 11.9. The SMILES string of the molecule is CC1(C)O[C@H]2O[C@@H](COC(=O)c3ccccc3)[C@H](O)[C@H]2O1. The van der Waals surface area contributed by atoms with Crippen LogP contribution in [0.25, 0.3) is 0 Å². The Balaban J connectivity index is 1.55. The van der Waals surface area contributed by atoms with Crippen LogP contribution < -0.4 is 0 Å². The van der Waals surface area contributed by atoms with Crippen LogP contribution in [0.1, 0.15) is 24.2 Å². The number of carbonyl (C=O) groups is 1. The van der Waals surface area contributed by atoms with E-state index in [0.29, 0.717) is 5.56 Å². The molecule has 4 atom stereocenters. The van der Waals surface area contributed by atoms with E-state index in [0.717, 1.165) is 0 Å². The number of hydrogen-bond donors (Lipinski definition) is 1.